The van der Waals surface area contributed by atoms with E-state index in [0.29, 0.717) is 5.41 Å². The van der Waals surface area contributed by atoms with E-state index in [1.807, 2.05) is 29.3 Å². The number of ether oxygens (including phenoxy) is 1. The molecular weight excluding hydrogens is 318 g/mol. The Hall–Kier alpha value is -1.17. The van der Waals surface area contributed by atoms with Gasteiger partial charge in [0.2, 0.25) is 0 Å². The lowest BCUT2D eigenvalue weighted by molar-refractivity contribution is 0.0490. The van der Waals surface area contributed by atoms with Crippen LogP contribution in [0.1, 0.15) is 35.1 Å². The lowest BCUT2D eigenvalue weighted by atomic mass is 9.83. The van der Waals surface area contributed by atoms with Gasteiger partial charge < -0.3 is 4.74 Å². The molecule has 2 aromatic rings. The van der Waals surface area contributed by atoms with Crippen molar-refractivity contribution in [2.24, 2.45) is 12.5 Å². The highest BCUT2D eigenvalue weighted by Gasteiger charge is 2.38. The highest BCUT2D eigenvalue weighted by molar-refractivity contribution is 7.11. The quantitative estimate of drug-likeness (QED) is 0.730. The van der Waals surface area contributed by atoms with Crippen LogP contribution in [0.2, 0.25) is 0 Å². The summed E-state index contributed by atoms with van der Waals surface area (Å²) in [6.45, 7) is 9.27. The van der Waals surface area contributed by atoms with Crippen molar-refractivity contribution in [1.29, 1.82) is 0 Å². The van der Waals surface area contributed by atoms with Crippen molar-refractivity contribution in [2.75, 3.05) is 26.3 Å². The summed E-state index contributed by atoms with van der Waals surface area (Å²) in [5.74, 6) is 0. The van der Waals surface area contributed by atoms with Crippen molar-refractivity contribution in [3.8, 4) is 0 Å². The molecule has 132 valence electrons. The van der Waals surface area contributed by atoms with E-state index in [1.54, 1.807) is 0 Å². The summed E-state index contributed by atoms with van der Waals surface area (Å²) < 4.78 is 7.76. The molecule has 1 atom stereocenters. The lowest BCUT2D eigenvalue weighted by Crippen LogP contribution is -2.32. The van der Waals surface area contributed by atoms with Crippen molar-refractivity contribution in [1.82, 2.24) is 14.7 Å². The molecule has 24 heavy (non-hydrogen) atoms. The zero-order valence-corrected chi connectivity index (χ0v) is 15.9. The van der Waals surface area contributed by atoms with Gasteiger partial charge in [0.25, 0.3) is 0 Å². The van der Waals surface area contributed by atoms with Crippen molar-refractivity contribution < 1.29 is 4.74 Å². The molecule has 0 N–H and O–H groups in total. The third-order valence-corrected chi connectivity index (χ3v) is 6.05. The first-order valence-corrected chi connectivity index (χ1v) is 9.73. The van der Waals surface area contributed by atoms with Crippen LogP contribution in [0.15, 0.2) is 24.5 Å². The molecule has 0 bridgehead atoms. The van der Waals surface area contributed by atoms with Crippen LogP contribution in [0.4, 0.5) is 0 Å². The lowest BCUT2D eigenvalue weighted by Gasteiger charge is -2.29. The second-order valence-electron chi connectivity index (χ2n) is 7.13. The van der Waals surface area contributed by atoms with Crippen LogP contribution in [0, 0.1) is 12.3 Å². The summed E-state index contributed by atoms with van der Waals surface area (Å²) in [5, 5.41) is 4.29. The topological polar surface area (TPSA) is 30.3 Å². The van der Waals surface area contributed by atoms with E-state index < -0.39 is 0 Å². The maximum Gasteiger partial charge on any atom is 0.0535 e. The Balaban J connectivity index is 1.60. The van der Waals surface area contributed by atoms with Crippen LogP contribution in [0.3, 0.4) is 0 Å². The summed E-state index contributed by atoms with van der Waals surface area (Å²) >= 11 is 1.93. The summed E-state index contributed by atoms with van der Waals surface area (Å²) in [5.41, 5.74) is 1.61. The highest BCUT2D eigenvalue weighted by atomic mass is 32.1. The van der Waals surface area contributed by atoms with Crippen LogP contribution < -0.4 is 0 Å². The number of nitrogens with zero attached hydrogens (tertiary/aromatic N) is 3. The second-order valence-corrected chi connectivity index (χ2v) is 8.50. The molecule has 0 aromatic carbocycles. The summed E-state index contributed by atoms with van der Waals surface area (Å²) in [6.07, 6.45) is 7.73. The molecule has 0 unspecified atom stereocenters. The van der Waals surface area contributed by atoms with Gasteiger partial charge in [-0.2, -0.15) is 5.10 Å². The maximum absolute atomic E-state index is 5.88. The third-order valence-electron chi connectivity index (χ3n) is 4.99. The van der Waals surface area contributed by atoms with E-state index >= 15 is 0 Å². The Morgan fingerprint density at radius 3 is 2.92 bits per heavy atom. The fourth-order valence-electron chi connectivity index (χ4n) is 3.69. The minimum atomic E-state index is 0.302. The monoisotopic (exact) mass is 347 g/mol. The SMILES string of the molecule is CCOC[C@]1(CCc2ccc(C)s2)CCN(Cc2cnn(C)c2)C1. The Bertz CT molecular complexity index is 651. The third kappa shape index (κ3) is 4.47. The largest absolute Gasteiger partial charge is 0.381 e. The smallest absolute Gasteiger partial charge is 0.0535 e. The van der Waals surface area contributed by atoms with Gasteiger partial charge in [-0.15, -0.1) is 11.3 Å². The van der Waals surface area contributed by atoms with Crippen LogP contribution in [0.5, 0.6) is 0 Å². The van der Waals surface area contributed by atoms with Crippen molar-refractivity contribution >= 4 is 11.3 Å². The van der Waals surface area contributed by atoms with Gasteiger partial charge >= 0.3 is 0 Å². The molecule has 5 heteroatoms. The summed E-state index contributed by atoms with van der Waals surface area (Å²) in [4.78, 5) is 5.48. The molecule has 0 spiro atoms. The number of hydrogen-bond donors (Lipinski definition) is 0. The van der Waals surface area contributed by atoms with E-state index in [-0.39, 0.29) is 0 Å². The zero-order chi connectivity index (χ0) is 17.0. The molecule has 0 amide bonds. The Kier molecular flexibility index (Phi) is 5.74. The molecular formula is C19H29N3OS. The fraction of sp³-hybridized carbons (Fsp3) is 0.632. The molecule has 0 saturated carbocycles. The van der Waals surface area contributed by atoms with Crippen LogP contribution in [0.25, 0.3) is 0 Å². The van der Waals surface area contributed by atoms with Crippen LogP contribution in [-0.4, -0.2) is 41.0 Å². The molecule has 3 rings (SSSR count). The number of aromatic nitrogens is 2. The van der Waals surface area contributed by atoms with Crippen LogP contribution in [-0.2, 0) is 24.8 Å². The fourth-order valence-corrected chi connectivity index (χ4v) is 4.58. The normalized spacial score (nSPS) is 21.6. The highest BCUT2D eigenvalue weighted by Crippen LogP contribution is 2.37. The summed E-state index contributed by atoms with van der Waals surface area (Å²) in [7, 11) is 1.98. The molecule has 1 saturated heterocycles. The molecule has 4 nitrogen and oxygen atoms in total. The van der Waals surface area contributed by atoms with E-state index in [2.05, 4.69) is 42.2 Å². The first-order valence-electron chi connectivity index (χ1n) is 8.91. The number of rotatable bonds is 8. The maximum atomic E-state index is 5.88. The Morgan fingerprint density at radius 1 is 1.38 bits per heavy atom. The Labute approximate surface area is 149 Å². The van der Waals surface area contributed by atoms with Gasteiger partial charge in [-0.25, -0.2) is 0 Å². The predicted octanol–water partition coefficient (Wildman–Crippen LogP) is 3.65. The number of hydrogen-bond acceptors (Lipinski definition) is 4. The Morgan fingerprint density at radius 2 is 2.25 bits per heavy atom. The van der Waals surface area contributed by atoms with Gasteiger partial charge in [0.1, 0.15) is 0 Å². The molecule has 1 aliphatic heterocycles. The number of likely N-dealkylation sites (tertiary alicyclic amines) is 1. The van der Waals surface area contributed by atoms with Gasteiger partial charge in [-0.1, -0.05) is 0 Å². The van der Waals surface area contributed by atoms with Gasteiger partial charge in [-0.05, 0) is 51.8 Å². The average molecular weight is 348 g/mol. The van der Waals surface area contributed by atoms with Crippen molar-refractivity contribution in [2.45, 2.75) is 39.7 Å². The molecule has 0 aliphatic carbocycles. The number of thiophene rings is 1. The molecule has 3 heterocycles. The first-order chi connectivity index (χ1) is 11.6. The second kappa shape index (κ2) is 7.81. The number of aryl methyl sites for hydroxylation is 3. The van der Waals surface area contributed by atoms with E-state index in [4.69, 9.17) is 4.74 Å². The van der Waals surface area contributed by atoms with Crippen LogP contribution >= 0.6 is 11.3 Å². The molecule has 2 aromatic heterocycles. The van der Waals surface area contributed by atoms with E-state index in [1.165, 1.54) is 34.6 Å². The molecule has 0 radical (unpaired) electrons. The van der Waals surface area contributed by atoms with Crippen molar-refractivity contribution in [3.63, 3.8) is 0 Å². The minimum Gasteiger partial charge on any atom is -0.381 e. The van der Waals surface area contributed by atoms with Gasteiger partial charge in [0, 0.05) is 53.7 Å². The van der Waals surface area contributed by atoms with E-state index in [0.717, 1.165) is 32.8 Å². The average Bonchev–Trinajstić information content (AvgIpc) is 3.26. The predicted molar refractivity (Wildman–Crippen MR) is 99.4 cm³/mol. The minimum absolute atomic E-state index is 0.302. The standard InChI is InChI=1S/C19H29N3OS/c1-4-23-15-19(8-7-18-6-5-16(2)24-18)9-10-22(14-19)13-17-11-20-21(3)12-17/h5-6,11-12H,4,7-10,13-15H2,1-3H3/t19-/m1/s1. The van der Waals surface area contributed by atoms with Gasteiger partial charge in [0.05, 0.1) is 12.8 Å². The molecule has 1 fully saturated rings. The zero-order valence-electron chi connectivity index (χ0n) is 15.1. The van der Waals surface area contributed by atoms with E-state index in [9.17, 15) is 0 Å². The molecule has 1 aliphatic rings. The summed E-state index contributed by atoms with van der Waals surface area (Å²) in [6, 6.07) is 4.52. The van der Waals surface area contributed by atoms with Crippen molar-refractivity contribution in [3.05, 3.63) is 39.8 Å². The van der Waals surface area contributed by atoms with Gasteiger partial charge in [-0.3, -0.25) is 9.58 Å². The first kappa shape index (κ1) is 17.6. The van der Waals surface area contributed by atoms with Gasteiger partial charge in [0.15, 0.2) is 0 Å².